The summed E-state index contributed by atoms with van der Waals surface area (Å²) < 4.78 is 3.96. The van der Waals surface area contributed by atoms with Gasteiger partial charge in [0, 0.05) is 18.1 Å². The van der Waals surface area contributed by atoms with Crippen LogP contribution in [0.5, 0.6) is 0 Å². The first-order valence-electron chi connectivity index (χ1n) is 8.18. The van der Waals surface area contributed by atoms with Crippen LogP contribution in [0.4, 0.5) is 5.95 Å². The Morgan fingerprint density at radius 1 is 1.29 bits per heavy atom. The van der Waals surface area contributed by atoms with Crippen molar-refractivity contribution in [1.29, 1.82) is 0 Å². The molecule has 2 aromatic rings. The summed E-state index contributed by atoms with van der Waals surface area (Å²) in [7, 11) is 0. The van der Waals surface area contributed by atoms with Gasteiger partial charge in [0.25, 0.3) is 0 Å². The molecule has 1 saturated heterocycles. The van der Waals surface area contributed by atoms with E-state index in [0.29, 0.717) is 5.92 Å². The Labute approximate surface area is 155 Å². The van der Waals surface area contributed by atoms with Crippen LogP contribution in [0.1, 0.15) is 13.8 Å². The number of thioether (sulfide) groups is 1. The second kappa shape index (κ2) is 8.37. The molecule has 0 radical (unpaired) electrons. The maximum absolute atomic E-state index is 5.48. The fourth-order valence-corrected chi connectivity index (χ4v) is 4.84. The molecule has 3 rings (SSSR count). The standard InChI is InChI=1S/C15H22N6S3/c1-12(2)10-23-14-18-21(15(22)24-14)11-19-6-8-20(9-7-19)13-16-4-3-5-17-13/h3-5,12H,6-11H2,1-2H3/p+1. The molecular weight excluding hydrogens is 360 g/mol. The molecular formula is C15H23N6S3+. The summed E-state index contributed by atoms with van der Waals surface area (Å²) in [5, 5.41) is 4.69. The van der Waals surface area contributed by atoms with Crippen molar-refractivity contribution in [1.82, 2.24) is 19.7 Å². The van der Waals surface area contributed by atoms with Gasteiger partial charge in [-0.05, 0) is 24.2 Å². The zero-order chi connectivity index (χ0) is 16.9. The fraction of sp³-hybridized carbons (Fsp3) is 0.600. The highest BCUT2D eigenvalue weighted by Crippen LogP contribution is 2.23. The lowest BCUT2D eigenvalue weighted by molar-refractivity contribution is -0.924. The van der Waals surface area contributed by atoms with Crippen molar-refractivity contribution in [2.24, 2.45) is 5.92 Å². The maximum Gasteiger partial charge on any atom is 0.225 e. The average molecular weight is 384 g/mol. The van der Waals surface area contributed by atoms with Crippen molar-refractivity contribution >= 4 is 41.3 Å². The first-order chi connectivity index (χ1) is 11.6. The molecule has 0 aliphatic carbocycles. The summed E-state index contributed by atoms with van der Waals surface area (Å²) in [6.45, 7) is 9.32. The van der Waals surface area contributed by atoms with Crippen molar-refractivity contribution < 1.29 is 4.90 Å². The molecule has 0 aromatic carbocycles. The summed E-state index contributed by atoms with van der Waals surface area (Å²) in [4.78, 5) is 12.4. The third kappa shape index (κ3) is 4.75. The van der Waals surface area contributed by atoms with Crippen LogP contribution in [-0.2, 0) is 6.67 Å². The minimum Gasteiger partial charge on any atom is -0.330 e. The second-order valence-corrected chi connectivity index (χ2v) is 9.17. The SMILES string of the molecule is CC(C)CSc1nn(C[NH+]2CCN(c3ncccn3)CC2)c(=S)s1. The molecule has 1 N–H and O–H groups in total. The molecule has 1 aliphatic heterocycles. The van der Waals surface area contributed by atoms with Crippen molar-refractivity contribution in [2.75, 3.05) is 36.8 Å². The molecule has 130 valence electrons. The van der Waals surface area contributed by atoms with Crippen molar-refractivity contribution in [2.45, 2.75) is 24.9 Å². The summed E-state index contributed by atoms with van der Waals surface area (Å²) in [6.07, 6.45) is 3.60. The lowest BCUT2D eigenvalue weighted by Gasteiger charge is -2.31. The molecule has 0 spiro atoms. The number of piperazine rings is 1. The molecule has 0 amide bonds. The predicted octanol–water partition coefficient (Wildman–Crippen LogP) is 1.57. The molecule has 0 saturated carbocycles. The van der Waals surface area contributed by atoms with E-state index in [1.165, 1.54) is 4.90 Å². The van der Waals surface area contributed by atoms with Crippen LogP contribution >= 0.6 is 35.3 Å². The summed E-state index contributed by atoms with van der Waals surface area (Å²) in [5.41, 5.74) is 0. The van der Waals surface area contributed by atoms with Crippen LogP contribution in [0, 0.1) is 9.87 Å². The molecule has 9 heteroatoms. The quantitative estimate of drug-likeness (QED) is 0.604. The van der Waals surface area contributed by atoms with E-state index < -0.39 is 0 Å². The van der Waals surface area contributed by atoms with E-state index in [-0.39, 0.29) is 0 Å². The monoisotopic (exact) mass is 383 g/mol. The van der Waals surface area contributed by atoms with Crippen molar-refractivity contribution in [3.8, 4) is 0 Å². The second-order valence-electron chi connectivity index (χ2n) is 6.28. The highest BCUT2D eigenvalue weighted by molar-refractivity contribution is 8.01. The Morgan fingerprint density at radius 3 is 2.67 bits per heavy atom. The Hall–Kier alpha value is -1.03. The van der Waals surface area contributed by atoms with Crippen LogP contribution in [0.2, 0.25) is 0 Å². The van der Waals surface area contributed by atoms with Gasteiger partial charge in [0.1, 0.15) is 0 Å². The van der Waals surface area contributed by atoms with E-state index in [1.807, 2.05) is 22.5 Å². The minimum atomic E-state index is 0.667. The summed E-state index contributed by atoms with van der Waals surface area (Å²) >= 11 is 8.92. The molecule has 0 atom stereocenters. The van der Waals surface area contributed by atoms with E-state index in [2.05, 4.69) is 33.8 Å². The molecule has 6 nitrogen and oxygen atoms in total. The normalized spacial score (nSPS) is 16.0. The number of aromatic nitrogens is 4. The number of quaternary nitrogens is 1. The molecule has 3 heterocycles. The average Bonchev–Trinajstić information content (AvgIpc) is 2.94. The zero-order valence-electron chi connectivity index (χ0n) is 14.0. The molecule has 24 heavy (non-hydrogen) atoms. The topological polar surface area (TPSA) is 51.3 Å². The summed E-state index contributed by atoms with van der Waals surface area (Å²) in [5.74, 6) is 2.58. The smallest absolute Gasteiger partial charge is 0.225 e. The molecule has 0 unspecified atom stereocenters. The van der Waals surface area contributed by atoms with Gasteiger partial charge < -0.3 is 9.80 Å². The summed E-state index contributed by atoms with van der Waals surface area (Å²) in [6, 6.07) is 1.85. The Kier molecular flexibility index (Phi) is 6.20. The van der Waals surface area contributed by atoms with Gasteiger partial charge in [0.05, 0.1) is 26.2 Å². The minimum absolute atomic E-state index is 0.667. The van der Waals surface area contributed by atoms with Crippen molar-refractivity contribution in [3.05, 3.63) is 22.4 Å². The maximum atomic E-state index is 5.48. The number of hydrogen-bond acceptors (Lipinski definition) is 7. The highest BCUT2D eigenvalue weighted by Gasteiger charge is 2.22. The van der Waals surface area contributed by atoms with Gasteiger partial charge in [0.2, 0.25) is 5.95 Å². The number of nitrogens with zero attached hydrogens (tertiary/aromatic N) is 5. The molecule has 1 aliphatic rings. The third-order valence-corrected chi connectivity index (χ3v) is 6.67. The molecule has 0 bridgehead atoms. The van der Waals surface area contributed by atoms with Crippen LogP contribution in [0.15, 0.2) is 22.8 Å². The Morgan fingerprint density at radius 2 is 2.00 bits per heavy atom. The van der Waals surface area contributed by atoms with Crippen LogP contribution < -0.4 is 9.80 Å². The van der Waals surface area contributed by atoms with E-state index in [9.17, 15) is 0 Å². The zero-order valence-corrected chi connectivity index (χ0v) is 16.5. The number of hydrogen-bond donors (Lipinski definition) is 1. The largest absolute Gasteiger partial charge is 0.330 e. The van der Waals surface area contributed by atoms with E-state index in [4.69, 9.17) is 12.2 Å². The first-order valence-corrected chi connectivity index (χ1v) is 10.4. The number of nitrogens with one attached hydrogen (secondary N) is 1. The lowest BCUT2D eigenvalue weighted by atomic mass is 10.3. The van der Waals surface area contributed by atoms with Gasteiger partial charge in [-0.2, -0.15) is 4.68 Å². The van der Waals surface area contributed by atoms with Gasteiger partial charge >= 0.3 is 0 Å². The van der Waals surface area contributed by atoms with E-state index in [1.54, 1.807) is 23.7 Å². The molecule has 2 aromatic heterocycles. The van der Waals surface area contributed by atoms with Crippen LogP contribution in [-0.4, -0.2) is 51.7 Å². The van der Waals surface area contributed by atoms with Crippen LogP contribution in [0.3, 0.4) is 0 Å². The fourth-order valence-electron chi connectivity index (χ4n) is 2.53. The Bertz CT molecular complexity index is 691. The van der Waals surface area contributed by atoms with Gasteiger partial charge in [-0.3, -0.25) is 0 Å². The predicted molar refractivity (Wildman–Crippen MR) is 101 cm³/mol. The van der Waals surface area contributed by atoms with Gasteiger partial charge in [-0.25, -0.2) is 9.97 Å². The van der Waals surface area contributed by atoms with E-state index in [0.717, 1.165) is 52.8 Å². The van der Waals surface area contributed by atoms with Crippen molar-refractivity contribution in [3.63, 3.8) is 0 Å². The Balaban J connectivity index is 1.54. The first kappa shape index (κ1) is 17.8. The van der Waals surface area contributed by atoms with Gasteiger partial charge in [-0.1, -0.05) is 36.9 Å². The highest BCUT2D eigenvalue weighted by atomic mass is 32.2. The van der Waals surface area contributed by atoms with E-state index >= 15 is 0 Å². The lowest BCUT2D eigenvalue weighted by Crippen LogP contribution is -3.14. The molecule has 1 fully saturated rings. The van der Waals surface area contributed by atoms with Crippen LogP contribution in [0.25, 0.3) is 0 Å². The number of rotatable bonds is 6. The van der Waals surface area contributed by atoms with Gasteiger partial charge in [0.15, 0.2) is 15.0 Å². The number of anilines is 1. The third-order valence-electron chi connectivity index (χ3n) is 3.81. The van der Waals surface area contributed by atoms with Gasteiger partial charge in [-0.15, -0.1) is 5.10 Å².